The van der Waals surface area contributed by atoms with Crippen molar-refractivity contribution in [3.05, 3.63) is 41.3 Å². The van der Waals surface area contributed by atoms with Gasteiger partial charge in [0.2, 0.25) is 4.73 Å². The molecule has 0 aliphatic rings. The van der Waals surface area contributed by atoms with Crippen molar-refractivity contribution in [3.8, 4) is 10.6 Å². The highest BCUT2D eigenvalue weighted by Gasteiger charge is 2.05. The number of halogens is 1. The molecular weight excluding hydrogens is 286 g/mol. The van der Waals surface area contributed by atoms with Crippen molar-refractivity contribution in [2.75, 3.05) is 0 Å². The van der Waals surface area contributed by atoms with E-state index >= 15 is 0 Å². The van der Waals surface area contributed by atoms with E-state index in [4.69, 9.17) is 0 Å². The lowest BCUT2D eigenvalue weighted by Crippen LogP contribution is -1.80. The molecule has 0 atom stereocenters. The van der Waals surface area contributed by atoms with Gasteiger partial charge in [-0.3, -0.25) is 4.98 Å². The zero-order chi connectivity index (χ0) is 11.0. The van der Waals surface area contributed by atoms with Crippen LogP contribution in [0.1, 0.15) is 0 Å². The first-order valence-corrected chi connectivity index (χ1v) is 6.24. The summed E-state index contributed by atoms with van der Waals surface area (Å²) >= 11 is 4.64. The van der Waals surface area contributed by atoms with Gasteiger partial charge in [0, 0.05) is 17.1 Å². The zero-order valence-corrected chi connectivity index (χ0v) is 10.5. The van der Waals surface area contributed by atoms with Crippen molar-refractivity contribution < 1.29 is 0 Å². The van der Waals surface area contributed by atoms with E-state index in [0.29, 0.717) is 4.73 Å². The van der Waals surface area contributed by atoms with Crippen molar-refractivity contribution in [1.29, 1.82) is 0 Å². The molecule has 0 unspecified atom stereocenters. The first-order chi connectivity index (χ1) is 7.83. The molecule has 0 spiro atoms. The van der Waals surface area contributed by atoms with Gasteiger partial charge in [-0.05, 0) is 51.7 Å². The first kappa shape index (κ1) is 9.86. The predicted molar refractivity (Wildman–Crippen MR) is 68.3 cm³/mol. The van der Waals surface area contributed by atoms with E-state index in [1.54, 1.807) is 6.20 Å². The molecule has 5 heteroatoms. The Morgan fingerprint density at radius 1 is 1.19 bits per heavy atom. The molecule has 3 aromatic rings. The minimum absolute atomic E-state index is 0.638. The molecule has 78 valence electrons. The minimum atomic E-state index is 0.638. The standard InChI is InChI=1S/C11H6BrN3S/c12-11-14-10(16-15-11)8-3-4-9-7(6-8)2-1-5-13-9/h1-6H. The molecule has 0 saturated heterocycles. The summed E-state index contributed by atoms with van der Waals surface area (Å²) in [6.07, 6.45) is 1.80. The topological polar surface area (TPSA) is 38.7 Å². The SMILES string of the molecule is Brc1nsc(-c2ccc3ncccc3c2)n1. The van der Waals surface area contributed by atoms with E-state index in [2.05, 4.69) is 36.3 Å². The van der Waals surface area contributed by atoms with Crippen molar-refractivity contribution in [2.24, 2.45) is 0 Å². The molecule has 0 N–H and O–H groups in total. The molecule has 0 fully saturated rings. The number of nitrogens with zero attached hydrogens (tertiary/aromatic N) is 3. The summed E-state index contributed by atoms with van der Waals surface area (Å²) in [7, 11) is 0. The quantitative estimate of drug-likeness (QED) is 0.689. The van der Waals surface area contributed by atoms with Crippen molar-refractivity contribution >= 4 is 38.4 Å². The van der Waals surface area contributed by atoms with Gasteiger partial charge in [0.15, 0.2) is 0 Å². The van der Waals surface area contributed by atoms with Gasteiger partial charge in [-0.2, -0.15) is 4.37 Å². The summed E-state index contributed by atoms with van der Waals surface area (Å²) < 4.78 is 4.74. The van der Waals surface area contributed by atoms with Crippen molar-refractivity contribution in [3.63, 3.8) is 0 Å². The maximum absolute atomic E-state index is 4.29. The molecule has 0 amide bonds. The molecule has 0 aliphatic heterocycles. The second-order valence-corrected chi connectivity index (χ2v) is 4.74. The molecule has 1 aromatic carbocycles. The summed E-state index contributed by atoms with van der Waals surface area (Å²) in [5.74, 6) is 0. The van der Waals surface area contributed by atoms with Gasteiger partial charge in [-0.15, -0.1) is 0 Å². The fourth-order valence-electron chi connectivity index (χ4n) is 1.53. The monoisotopic (exact) mass is 291 g/mol. The molecular formula is C11H6BrN3S. The van der Waals surface area contributed by atoms with Crippen LogP contribution < -0.4 is 0 Å². The average molecular weight is 292 g/mol. The predicted octanol–water partition coefficient (Wildman–Crippen LogP) is 3.52. The number of fused-ring (bicyclic) bond motifs is 1. The summed E-state index contributed by atoms with van der Waals surface area (Å²) in [4.78, 5) is 8.57. The van der Waals surface area contributed by atoms with Crippen molar-refractivity contribution in [1.82, 2.24) is 14.3 Å². The van der Waals surface area contributed by atoms with E-state index < -0.39 is 0 Å². The average Bonchev–Trinajstić information content (AvgIpc) is 2.75. The number of hydrogen-bond acceptors (Lipinski definition) is 4. The Balaban J connectivity index is 2.18. The Morgan fingerprint density at radius 3 is 2.94 bits per heavy atom. The summed E-state index contributed by atoms with van der Waals surface area (Å²) in [6, 6.07) is 10.1. The Kier molecular flexibility index (Phi) is 2.41. The van der Waals surface area contributed by atoms with Crippen LogP contribution in [0.5, 0.6) is 0 Å². The number of hydrogen-bond donors (Lipinski definition) is 0. The lowest BCUT2D eigenvalue weighted by atomic mass is 10.1. The van der Waals surface area contributed by atoms with Gasteiger partial charge >= 0.3 is 0 Å². The fraction of sp³-hybridized carbons (Fsp3) is 0. The van der Waals surface area contributed by atoms with Crippen LogP contribution in [0.4, 0.5) is 0 Å². The molecule has 0 radical (unpaired) electrons. The van der Waals surface area contributed by atoms with Crippen LogP contribution in [-0.2, 0) is 0 Å². The van der Waals surface area contributed by atoms with Crippen LogP contribution in [0, 0.1) is 0 Å². The molecule has 2 heterocycles. The van der Waals surface area contributed by atoms with Gasteiger partial charge in [-0.1, -0.05) is 6.07 Å². The summed E-state index contributed by atoms with van der Waals surface area (Å²) in [6.45, 7) is 0. The molecule has 2 aromatic heterocycles. The van der Waals surface area contributed by atoms with E-state index in [0.717, 1.165) is 21.5 Å². The number of aromatic nitrogens is 3. The second-order valence-electron chi connectivity index (χ2n) is 3.28. The summed E-state index contributed by atoms with van der Waals surface area (Å²) in [5.41, 5.74) is 2.07. The highest BCUT2D eigenvalue weighted by Crippen LogP contribution is 2.25. The second kappa shape index (κ2) is 3.92. The van der Waals surface area contributed by atoms with E-state index in [1.165, 1.54) is 11.5 Å². The van der Waals surface area contributed by atoms with Crippen LogP contribution in [-0.4, -0.2) is 14.3 Å². The summed E-state index contributed by atoms with van der Waals surface area (Å²) in [5, 5.41) is 2.03. The van der Waals surface area contributed by atoms with Crippen LogP contribution in [0.2, 0.25) is 0 Å². The Morgan fingerprint density at radius 2 is 2.12 bits per heavy atom. The largest absolute Gasteiger partial charge is 0.256 e. The molecule has 3 rings (SSSR count). The van der Waals surface area contributed by atoms with Gasteiger partial charge in [0.05, 0.1) is 5.52 Å². The molecule has 3 nitrogen and oxygen atoms in total. The number of rotatable bonds is 1. The molecule has 0 bridgehead atoms. The third-order valence-corrected chi connectivity index (χ3v) is 3.60. The van der Waals surface area contributed by atoms with Crippen LogP contribution >= 0.6 is 27.5 Å². The third-order valence-electron chi connectivity index (χ3n) is 2.25. The minimum Gasteiger partial charge on any atom is -0.256 e. The maximum Gasteiger partial charge on any atom is 0.209 e. The Bertz CT molecular complexity index is 650. The van der Waals surface area contributed by atoms with Gasteiger partial charge < -0.3 is 0 Å². The highest BCUT2D eigenvalue weighted by atomic mass is 79.9. The van der Waals surface area contributed by atoms with Crippen LogP contribution in [0.15, 0.2) is 41.3 Å². The molecule has 0 saturated carbocycles. The number of benzene rings is 1. The Hall–Kier alpha value is -1.33. The Labute approximate surface area is 104 Å². The fourth-order valence-corrected chi connectivity index (χ4v) is 2.61. The van der Waals surface area contributed by atoms with Gasteiger partial charge in [-0.25, -0.2) is 4.98 Å². The highest BCUT2D eigenvalue weighted by molar-refractivity contribution is 9.10. The maximum atomic E-state index is 4.29. The van der Waals surface area contributed by atoms with E-state index in [1.807, 2.05) is 24.3 Å². The first-order valence-electron chi connectivity index (χ1n) is 4.67. The molecule has 16 heavy (non-hydrogen) atoms. The third kappa shape index (κ3) is 1.72. The van der Waals surface area contributed by atoms with Gasteiger partial charge in [0.25, 0.3) is 0 Å². The normalized spacial score (nSPS) is 10.8. The van der Waals surface area contributed by atoms with Gasteiger partial charge in [0.1, 0.15) is 5.01 Å². The molecule has 0 aliphatic carbocycles. The van der Waals surface area contributed by atoms with E-state index in [9.17, 15) is 0 Å². The lowest BCUT2D eigenvalue weighted by Gasteiger charge is -1.98. The van der Waals surface area contributed by atoms with Crippen LogP contribution in [0.25, 0.3) is 21.5 Å². The van der Waals surface area contributed by atoms with Crippen LogP contribution in [0.3, 0.4) is 0 Å². The van der Waals surface area contributed by atoms with Crippen molar-refractivity contribution in [2.45, 2.75) is 0 Å². The zero-order valence-electron chi connectivity index (χ0n) is 8.09. The van der Waals surface area contributed by atoms with E-state index in [-0.39, 0.29) is 0 Å². The smallest absolute Gasteiger partial charge is 0.209 e. The lowest BCUT2D eigenvalue weighted by molar-refractivity contribution is 1.26. The number of pyridine rings is 1.